The predicted molar refractivity (Wildman–Crippen MR) is 130 cm³/mol. The highest BCUT2D eigenvalue weighted by Crippen LogP contribution is 2.23. The van der Waals surface area contributed by atoms with E-state index in [-0.39, 0.29) is 36.2 Å². The van der Waals surface area contributed by atoms with E-state index in [0.29, 0.717) is 16.8 Å². The fourth-order valence-corrected chi connectivity index (χ4v) is 3.46. The Morgan fingerprint density at radius 2 is 1.36 bits per heavy atom. The smallest absolute Gasteiger partial charge is 0.255 e. The van der Waals surface area contributed by atoms with Gasteiger partial charge in [0.05, 0.1) is 6.04 Å². The number of rotatable bonds is 8. The lowest BCUT2D eigenvalue weighted by molar-refractivity contribution is -0.132. The van der Waals surface area contributed by atoms with Crippen LogP contribution in [-0.4, -0.2) is 35.7 Å². The van der Waals surface area contributed by atoms with Gasteiger partial charge >= 0.3 is 0 Å². The molecule has 2 atom stereocenters. The SMILES string of the molecule is CC(CC(=O)N(C)C(C)c1cccc(NC(=O)c2ccccc2)c1)NC(=O)c1ccccc1. The van der Waals surface area contributed by atoms with Crippen molar-refractivity contribution in [3.05, 3.63) is 102 Å². The first-order chi connectivity index (χ1) is 15.8. The molecule has 3 aromatic rings. The van der Waals surface area contributed by atoms with Gasteiger partial charge < -0.3 is 15.5 Å². The van der Waals surface area contributed by atoms with Crippen molar-refractivity contribution in [2.24, 2.45) is 0 Å². The van der Waals surface area contributed by atoms with Gasteiger partial charge in [-0.05, 0) is 55.8 Å². The first-order valence-corrected chi connectivity index (χ1v) is 10.9. The Morgan fingerprint density at radius 1 is 0.788 bits per heavy atom. The van der Waals surface area contributed by atoms with Crippen LogP contribution in [0.4, 0.5) is 5.69 Å². The fraction of sp³-hybridized carbons (Fsp3) is 0.222. The molecule has 0 aliphatic heterocycles. The molecule has 0 aromatic heterocycles. The Bertz CT molecular complexity index is 1100. The highest BCUT2D eigenvalue weighted by Gasteiger charge is 2.21. The van der Waals surface area contributed by atoms with E-state index in [1.165, 1.54) is 0 Å². The molecule has 3 rings (SSSR count). The van der Waals surface area contributed by atoms with Gasteiger partial charge in [-0.2, -0.15) is 0 Å². The maximum absolute atomic E-state index is 12.8. The lowest BCUT2D eigenvalue weighted by atomic mass is 10.1. The molecule has 0 radical (unpaired) electrons. The number of anilines is 1. The molecule has 0 fully saturated rings. The average Bonchev–Trinajstić information content (AvgIpc) is 2.84. The Labute approximate surface area is 194 Å². The lowest BCUT2D eigenvalue weighted by Gasteiger charge is -2.27. The predicted octanol–water partition coefficient (Wildman–Crippen LogP) is 4.67. The van der Waals surface area contributed by atoms with E-state index in [9.17, 15) is 14.4 Å². The van der Waals surface area contributed by atoms with Crippen molar-refractivity contribution in [3.63, 3.8) is 0 Å². The molecule has 6 nitrogen and oxygen atoms in total. The van der Waals surface area contributed by atoms with E-state index in [1.807, 2.05) is 62.4 Å². The molecular formula is C27H29N3O3. The van der Waals surface area contributed by atoms with Gasteiger partial charge in [-0.15, -0.1) is 0 Å². The minimum atomic E-state index is -0.309. The van der Waals surface area contributed by atoms with Crippen LogP contribution in [-0.2, 0) is 4.79 Å². The number of carbonyl (C=O) groups excluding carboxylic acids is 3. The molecule has 0 aliphatic carbocycles. The van der Waals surface area contributed by atoms with Gasteiger partial charge in [-0.1, -0.05) is 48.5 Å². The average molecular weight is 444 g/mol. The number of carbonyl (C=O) groups is 3. The summed E-state index contributed by atoms with van der Waals surface area (Å²) in [5.74, 6) is -0.469. The van der Waals surface area contributed by atoms with Gasteiger partial charge in [0.25, 0.3) is 11.8 Å². The summed E-state index contributed by atoms with van der Waals surface area (Å²) in [5, 5.41) is 5.77. The molecule has 3 amide bonds. The van der Waals surface area contributed by atoms with Crippen LogP contribution in [0.2, 0.25) is 0 Å². The molecule has 0 saturated heterocycles. The van der Waals surface area contributed by atoms with E-state index < -0.39 is 0 Å². The zero-order valence-corrected chi connectivity index (χ0v) is 19.1. The molecule has 170 valence electrons. The summed E-state index contributed by atoms with van der Waals surface area (Å²) >= 11 is 0. The van der Waals surface area contributed by atoms with E-state index in [1.54, 1.807) is 48.3 Å². The number of hydrogen-bond donors (Lipinski definition) is 2. The van der Waals surface area contributed by atoms with Crippen LogP contribution < -0.4 is 10.6 Å². The monoisotopic (exact) mass is 443 g/mol. The van der Waals surface area contributed by atoms with E-state index in [0.717, 1.165) is 5.56 Å². The van der Waals surface area contributed by atoms with Crippen molar-refractivity contribution >= 4 is 23.4 Å². The topological polar surface area (TPSA) is 78.5 Å². The molecule has 33 heavy (non-hydrogen) atoms. The number of amides is 3. The van der Waals surface area contributed by atoms with Crippen molar-refractivity contribution in [3.8, 4) is 0 Å². The normalized spacial score (nSPS) is 12.3. The minimum absolute atomic E-state index is 0.0814. The van der Waals surface area contributed by atoms with E-state index in [2.05, 4.69) is 10.6 Å². The Balaban J connectivity index is 1.59. The van der Waals surface area contributed by atoms with Crippen LogP contribution in [0.5, 0.6) is 0 Å². The minimum Gasteiger partial charge on any atom is -0.349 e. The summed E-state index contributed by atoms with van der Waals surface area (Å²) in [6, 6.07) is 24.9. The standard InChI is InChI=1S/C27H29N3O3/c1-19(28-26(32)21-11-6-4-7-12-21)17-25(31)30(3)20(2)23-15-10-16-24(18-23)29-27(33)22-13-8-5-9-14-22/h4-16,18-20H,17H2,1-3H3,(H,28,32)(H,29,33). The van der Waals surface area contributed by atoms with Crippen LogP contribution in [0.15, 0.2) is 84.9 Å². The molecule has 0 bridgehead atoms. The largest absolute Gasteiger partial charge is 0.349 e. The third-order valence-electron chi connectivity index (χ3n) is 5.53. The van der Waals surface area contributed by atoms with E-state index >= 15 is 0 Å². The quantitative estimate of drug-likeness (QED) is 0.531. The van der Waals surface area contributed by atoms with Crippen molar-refractivity contribution < 1.29 is 14.4 Å². The van der Waals surface area contributed by atoms with Crippen molar-refractivity contribution in [1.82, 2.24) is 10.2 Å². The van der Waals surface area contributed by atoms with Crippen molar-refractivity contribution in [2.75, 3.05) is 12.4 Å². The van der Waals surface area contributed by atoms with Crippen molar-refractivity contribution in [1.29, 1.82) is 0 Å². The van der Waals surface area contributed by atoms with Crippen LogP contribution in [0.25, 0.3) is 0 Å². The van der Waals surface area contributed by atoms with Gasteiger partial charge in [0.2, 0.25) is 5.91 Å². The Morgan fingerprint density at radius 3 is 1.97 bits per heavy atom. The van der Waals surface area contributed by atoms with Gasteiger partial charge in [-0.3, -0.25) is 14.4 Å². The molecule has 2 N–H and O–H groups in total. The fourth-order valence-electron chi connectivity index (χ4n) is 3.46. The van der Waals surface area contributed by atoms with Gasteiger partial charge in [0.1, 0.15) is 0 Å². The summed E-state index contributed by atoms with van der Waals surface area (Å²) in [5.41, 5.74) is 2.71. The molecule has 2 unspecified atom stereocenters. The first-order valence-electron chi connectivity index (χ1n) is 10.9. The first kappa shape index (κ1) is 23.7. The summed E-state index contributed by atoms with van der Waals surface area (Å²) in [6.45, 7) is 3.75. The number of nitrogens with zero attached hydrogens (tertiary/aromatic N) is 1. The molecule has 0 spiro atoms. The van der Waals surface area contributed by atoms with Crippen molar-refractivity contribution in [2.45, 2.75) is 32.4 Å². The summed E-state index contributed by atoms with van der Waals surface area (Å²) in [4.78, 5) is 39.3. The second-order valence-electron chi connectivity index (χ2n) is 8.07. The van der Waals surface area contributed by atoms with Crippen LogP contribution >= 0.6 is 0 Å². The third kappa shape index (κ3) is 6.53. The third-order valence-corrected chi connectivity index (χ3v) is 5.53. The van der Waals surface area contributed by atoms with Crippen LogP contribution in [0, 0.1) is 0 Å². The molecule has 3 aromatic carbocycles. The number of hydrogen-bond acceptors (Lipinski definition) is 3. The molecule has 0 aliphatic rings. The van der Waals surface area contributed by atoms with Gasteiger partial charge in [0.15, 0.2) is 0 Å². The maximum Gasteiger partial charge on any atom is 0.255 e. The van der Waals surface area contributed by atoms with Crippen LogP contribution in [0.3, 0.4) is 0 Å². The Hall–Kier alpha value is -3.93. The van der Waals surface area contributed by atoms with Gasteiger partial charge in [-0.25, -0.2) is 0 Å². The second-order valence-corrected chi connectivity index (χ2v) is 8.07. The lowest BCUT2D eigenvalue weighted by Crippen LogP contribution is -2.38. The number of benzene rings is 3. The maximum atomic E-state index is 12.8. The van der Waals surface area contributed by atoms with E-state index in [4.69, 9.17) is 0 Å². The number of nitrogens with one attached hydrogen (secondary N) is 2. The Kier molecular flexibility index (Phi) is 7.97. The molecule has 0 heterocycles. The zero-order valence-electron chi connectivity index (χ0n) is 19.1. The molecule has 6 heteroatoms. The summed E-state index contributed by atoms with van der Waals surface area (Å²) < 4.78 is 0. The zero-order chi connectivity index (χ0) is 23.8. The summed E-state index contributed by atoms with van der Waals surface area (Å²) in [6.07, 6.45) is 0.184. The van der Waals surface area contributed by atoms with Crippen LogP contribution in [0.1, 0.15) is 52.6 Å². The van der Waals surface area contributed by atoms with Gasteiger partial charge in [0, 0.05) is 36.3 Å². The molecule has 0 saturated carbocycles. The summed E-state index contributed by atoms with van der Waals surface area (Å²) in [7, 11) is 1.74. The highest BCUT2D eigenvalue weighted by molar-refractivity contribution is 6.04. The highest BCUT2D eigenvalue weighted by atomic mass is 16.2. The second kappa shape index (κ2) is 11.1. The molecular weight excluding hydrogens is 414 g/mol.